The fraction of sp³-hybridized carbons (Fsp3) is 0.278. The Kier molecular flexibility index (Phi) is 3.64. The monoisotopic (exact) mass is 377 g/mol. The quantitative estimate of drug-likeness (QED) is 0.542. The van der Waals surface area contributed by atoms with Crippen molar-refractivity contribution in [1.82, 2.24) is 34.1 Å². The van der Waals surface area contributed by atoms with E-state index in [9.17, 15) is 4.79 Å². The van der Waals surface area contributed by atoms with Crippen LogP contribution in [0.4, 0.5) is 11.8 Å². The molecule has 0 unspecified atom stereocenters. The SMILES string of the molecule is CN1CC[C@H](CNc2nc(N)c3c(-c4ccc5nccn5n4)ccn3n2)C1=O. The van der Waals surface area contributed by atoms with Gasteiger partial charge in [0.1, 0.15) is 5.52 Å². The number of likely N-dealkylation sites (tertiary alicyclic amines) is 1. The second kappa shape index (κ2) is 6.19. The average Bonchev–Trinajstić information content (AvgIpc) is 3.40. The fourth-order valence-corrected chi connectivity index (χ4v) is 3.59. The van der Waals surface area contributed by atoms with Gasteiger partial charge in [-0.1, -0.05) is 0 Å². The van der Waals surface area contributed by atoms with Gasteiger partial charge in [0.2, 0.25) is 11.9 Å². The van der Waals surface area contributed by atoms with E-state index >= 15 is 0 Å². The van der Waals surface area contributed by atoms with Crippen LogP contribution in [0.2, 0.25) is 0 Å². The summed E-state index contributed by atoms with van der Waals surface area (Å²) < 4.78 is 3.39. The van der Waals surface area contributed by atoms with Gasteiger partial charge in [0, 0.05) is 44.3 Å². The molecule has 0 radical (unpaired) electrons. The van der Waals surface area contributed by atoms with Crippen LogP contribution in [0.15, 0.2) is 36.8 Å². The number of nitrogens with one attached hydrogen (secondary N) is 1. The van der Waals surface area contributed by atoms with Gasteiger partial charge in [0.05, 0.1) is 11.6 Å². The molecule has 1 aliphatic rings. The van der Waals surface area contributed by atoms with Gasteiger partial charge < -0.3 is 16.0 Å². The van der Waals surface area contributed by atoms with E-state index in [0.29, 0.717) is 23.8 Å². The average molecular weight is 377 g/mol. The molecule has 10 nitrogen and oxygen atoms in total. The van der Waals surface area contributed by atoms with Crippen LogP contribution >= 0.6 is 0 Å². The maximum Gasteiger partial charge on any atom is 0.243 e. The number of fused-ring (bicyclic) bond motifs is 2. The number of nitrogens with two attached hydrogens (primary N) is 1. The molecule has 4 aromatic heterocycles. The van der Waals surface area contributed by atoms with Crippen molar-refractivity contribution < 1.29 is 4.79 Å². The molecular formula is C18H19N9O. The zero-order valence-electron chi connectivity index (χ0n) is 15.3. The summed E-state index contributed by atoms with van der Waals surface area (Å²) in [7, 11) is 1.82. The molecule has 0 spiro atoms. The van der Waals surface area contributed by atoms with Gasteiger partial charge in [-0.25, -0.2) is 14.0 Å². The number of aromatic nitrogens is 6. The van der Waals surface area contributed by atoms with Crippen LogP contribution < -0.4 is 11.1 Å². The fourth-order valence-electron chi connectivity index (χ4n) is 3.59. The summed E-state index contributed by atoms with van der Waals surface area (Å²) in [6.45, 7) is 1.27. The first-order valence-corrected chi connectivity index (χ1v) is 9.04. The Morgan fingerprint density at radius 3 is 2.93 bits per heavy atom. The van der Waals surface area contributed by atoms with Crippen molar-refractivity contribution in [3.05, 3.63) is 36.8 Å². The third-order valence-electron chi connectivity index (χ3n) is 5.11. The maximum absolute atomic E-state index is 12.0. The summed E-state index contributed by atoms with van der Waals surface area (Å²) in [6.07, 6.45) is 6.14. The predicted octanol–water partition coefficient (Wildman–Crippen LogP) is 0.911. The third kappa shape index (κ3) is 2.61. The first-order valence-electron chi connectivity index (χ1n) is 9.04. The van der Waals surface area contributed by atoms with Gasteiger partial charge >= 0.3 is 0 Å². The van der Waals surface area contributed by atoms with Gasteiger partial charge in [0.15, 0.2) is 11.5 Å². The molecule has 0 aromatic carbocycles. The highest BCUT2D eigenvalue weighted by molar-refractivity contribution is 5.86. The predicted molar refractivity (Wildman–Crippen MR) is 104 cm³/mol. The molecule has 5 rings (SSSR count). The molecule has 1 saturated heterocycles. The molecule has 1 atom stereocenters. The Labute approximate surface area is 160 Å². The van der Waals surface area contributed by atoms with Crippen LogP contribution in [0, 0.1) is 5.92 Å². The normalized spacial score (nSPS) is 17.1. The molecule has 3 N–H and O–H groups in total. The molecule has 1 aliphatic heterocycles. The van der Waals surface area contributed by atoms with E-state index in [2.05, 4.69) is 25.5 Å². The second-order valence-electron chi connectivity index (χ2n) is 6.92. The molecule has 0 aliphatic carbocycles. The Morgan fingerprint density at radius 2 is 2.11 bits per heavy atom. The Balaban J connectivity index is 1.45. The number of hydrogen-bond acceptors (Lipinski definition) is 7. The number of rotatable bonds is 4. The number of imidazole rings is 1. The maximum atomic E-state index is 12.0. The van der Waals surface area contributed by atoms with E-state index < -0.39 is 0 Å². The summed E-state index contributed by atoms with van der Waals surface area (Å²) in [5.74, 6) is 0.829. The van der Waals surface area contributed by atoms with E-state index in [0.717, 1.165) is 29.9 Å². The topological polar surface area (TPSA) is 119 Å². The molecule has 4 aromatic rings. The molecule has 1 fully saturated rings. The molecule has 5 heterocycles. The van der Waals surface area contributed by atoms with Gasteiger partial charge in [-0.3, -0.25) is 4.79 Å². The summed E-state index contributed by atoms with van der Waals surface area (Å²) in [6, 6.07) is 5.70. The Bertz CT molecular complexity index is 1190. The minimum absolute atomic E-state index is 0.0585. The zero-order valence-corrected chi connectivity index (χ0v) is 15.3. The van der Waals surface area contributed by atoms with Gasteiger partial charge in [0.25, 0.3) is 0 Å². The minimum atomic E-state index is -0.0585. The number of amides is 1. The van der Waals surface area contributed by atoms with Crippen molar-refractivity contribution in [2.75, 3.05) is 31.2 Å². The molecule has 10 heteroatoms. The number of carbonyl (C=O) groups excluding carboxylic acids is 1. The molecular weight excluding hydrogens is 358 g/mol. The van der Waals surface area contributed by atoms with Gasteiger partial charge in [-0.2, -0.15) is 10.1 Å². The number of anilines is 2. The standard InChI is InChI=1S/C18H19N9O/c1-25-7-4-11(17(25)28)10-21-18-22-16(19)15-12(5-8-27(15)24-18)13-2-3-14-20-6-9-26(14)23-13/h2-3,5-6,8-9,11H,4,7,10H2,1H3,(H3,19,21,22,24)/t11-/m1/s1. The lowest BCUT2D eigenvalue weighted by atomic mass is 10.1. The summed E-state index contributed by atoms with van der Waals surface area (Å²) >= 11 is 0. The third-order valence-corrected chi connectivity index (χ3v) is 5.11. The summed E-state index contributed by atoms with van der Waals surface area (Å²) in [5.41, 5.74) is 9.29. The Morgan fingerprint density at radius 1 is 1.21 bits per heavy atom. The van der Waals surface area contributed by atoms with E-state index in [-0.39, 0.29) is 11.8 Å². The van der Waals surface area contributed by atoms with Crippen LogP contribution in [0.25, 0.3) is 22.4 Å². The highest BCUT2D eigenvalue weighted by Crippen LogP contribution is 2.27. The van der Waals surface area contributed by atoms with E-state index in [1.54, 1.807) is 26.3 Å². The molecule has 1 amide bonds. The lowest BCUT2D eigenvalue weighted by Gasteiger charge is -2.12. The Hall–Kier alpha value is -3.69. The van der Waals surface area contributed by atoms with Crippen molar-refractivity contribution in [1.29, 1.82) is 0 Å². The van der Waals surface area contributed by atoms with Gasteiger partial charge in [-0.05, 0) is 24.6 Å². The van der Waals surface area contributed by atoms with Gasteiger partial charge in [-0.15, -0.1) is 5.10 Å². The first kappa shape index (κ1) is 16.5. The minimum Gasteiger partial charge on any atom is -0.382 e. The number of nitrogen functional groups attached to an aromatic ring is 1. The van der Waals surface area contributed by atoms with Crippen molar-refractivity contribution >= 4 is 28.8 Å². The number of hydrogen-bond donors (Lipinski definition) is 2. The lowest BCUT2D eigenvalue weighted by molar-refractivity contribution is -0.129. The van der Waals surface area contributed by atoms with Crippen LogP contribution in [-0.2, 0) is 4.79 Å². The van der Waals surface area contributed by atoms with Crippen LogP contribution in [0.1, 0.15) is 6.42 Å². The molecule has 28 heavy (non-hydrogen) atoms. The van der Waals surface area contributed by atoms with Crippen molar-refractivity contribution in [3.8, 4) is 11.3 Å². The highest BCUT2D eigenvalue weighted by Gasteiger charge is 2.28. The number of carbonyl (C=O) groups is 1. The van der Waals surface area contributed by atoms with E-state index in [1.807, 2.05) is 31.4 Å². The summed E-state index contributed by atoms with van der Waals surface area (Å²) in [4.78, 5) is 22.4. The van der Waals surface area contributed by atoms with Crippen LogP contribution in [-0.4, -0.2) is 60.1 Å². The highest BCUT2D eigenvalue weighted by atomic mass is 16.2. The largest absolute Gasteiger partial charge is 0.382 e. The van der Waals surface area contributed by atoms with Crippen LogP contribution in [0.3, 0.4) is 0 Å². The number of nitrogens with zero attached hydrogens (tertiary/aromatic N) is 7. The van der Waals surface area contributed by atoms with Crippen LogP contribution in [0.5, 0.6) is 0 Å². The summed E-state index contributed by atoms with van der Waals surface area (Å²) in [5, 5.41) is 12.2. The molecule has 0 bridgehead atoms. The van der Waals surface area contributed by atoms with E-state index in [4.69, 9.17) is 5.73 Å². The van der Waals surface area contributed by atoms with Crippen molar-refractivity contribution in [2.45, 2.75) is 6.42 Å². The smallest absolute Gasteiger partial charge is 0.243 e. The van der Waals surface area contributed by atoms with Crippen molar-refractivity contribution in [2.24, 2.45) is 5.92 Å². The first-order chi connectivity index (χ1) is 13.6. The molecule has 0 saturated carbocycles. The molecule has 142 valence electrons. The van der Waals surface area contributed by atoms with E-state index in [1.165, 1.54) is 0 Å². The lowest BCUT2D eigenvalue weighted by Crippen LogP contribution is -2.27. The van der Waals surface area contributed by atoms with Crippen molar-refractivity contribution in [3.63, 3.8) is 0 Å². The second-order valence-corrected chi connectivity index (χ2v) is 6.92. The zero-order chi connectivity index (χ0) is 19.3.